The molecule has 0 aliphatic rings. The lowest BCUT2D eigenvalue weighted by molar-refractivity contribution is -0.153. The number of hydrogen-bond donors (Lipinski definition) is 2. The van der Waals surface area contributed by atoms with Crippen LogP contribution in [0.4, 0.5) is 5.69 Å². The van der Waals surface area contributed by atoms with Crippen molar-refractivity contribution in [2.75, 3.05) is 11.9 Å². The third-order valence-electron chi connectivity index (χ3n) is 4.82. The van der Waals surface area contributed by atoms with E-state index in [1.807, 2.05) is 39.0 Å². The molecule has 7 nitrogen and oxygen atoms in total. The zero-order valence-electron chi connectivity index (χ0n) is 18.7. The second kappa shape index (κ2) is 10.4. The molecule has 0 fully saturated rings. The molecule has 0 aliphatic heterocycles. The van der Waals surface area contributed by atoms with E-state index < -0.39 is 34.5 Å². The Morgan fingerprint density at radius 3 is 2.06 bits per heavy atom. The normalized spacial score (nSPS) is 12.1. The number of aryl methyl sites for hydroxylation is 3. The van der Waals surface area contributed by atoms with E-state index in [-0.39, 0.29) is 4.90 Å². The minimum Gasteiger partial charge on any atom is -0.446 e. The van der Waals surface area contributed by atoms with Gasteiger partial charge in [0.1, 0.15) is 6.54 Å². The number of esters is 1. The highest BCUT2D eigenvalue weighted by Crippen LogP contribution is 2.21. The molecule has 0 aliphatic carbocycles. The van der Waals surface area contributed by atoms with Crippen LogP contribution in [0.2, 0.25) is 0 Å². The number of benzene rings is 3. The fraction of sp³-hybridized carbons (Fsp3) is 0.200. The van der Waals surface area contributed by atoms with E-state index in [9.17, 15) is 18.0 Å². The lowest BCUT2D eigenvalue weighted by atomic mass is 10.1. The number of amides is 1. The van der Waals surface area contributed by atoms with Crippen molar-refractivity contribution in [2.24, 2.45) is 0 Å². The van der Waals surface area contributed by atoms with Crippen LogP contribution in [-0.4, -0.2) is 26.8 Å². The highest BCUT2D eigenvalue weighted by molar-refractivity contribution is 7.89. The van der Waals surface area contributed by atoms with E-state index >= 15 is 0 Å². The summed E-state index contributed by atoms with van der Waals surface area (Å²) < 4.78 is 32.5. The first-order valence-corrected chi connectivity index (χ1v) is 11.8. The topological polar surface area (TPSA) is 102 Å². The molecule has 1 atom stereocenters. The SMILES string of the molecule is Cc1ccc(S(=O)(=O)NCC(=O)O[C@@H](C(=O)Nc2cc(C)cc(C)c2)c2ccccc2)cc1. The Balaban J connectivity index is 1.73. The lowest BCUT2D eigenvalue weighted by Gasteiger charge is -2.19. The molecule has 0 aromatic heterocycles. The van der Waals surface area contributed by atoms with Gasteiger partial charge >= 0.3 is 5.97 Å². The first-order valence-electron chi connectivity index (χ1n) is 10.3. The molecule has 172 valence electrons. The average Bonchev–Trinajstić information content (AvgIpc) is 2.76. The summed E-state index contributed by atoms with van der Waals surface area (Å²) in [6, 6.07) is 20.4. The molecular weight excluding hydrogens is 440 g/mol. The van der Waals surface area contributed by atoms with Crippen LogP contribution in [0.1, 0.15) is 28.4 Å². The molecule has 0 spiro atoms. The summed E-state index contributed by atoms with van der Waals surface area (Å²) in [6.07, 6.45) is -1.25. The van der Waals surface area contributed by atoms with Crippen molar-refractivity contribution in [3.8, 4) is 0 Å². The summed E-state index contributed by atoms with van der Waals surface area (Å²) in [5.41, 5.74) is 3.91. The van der Waals surface area contributed by atoms with Crippen LogP contribution in [0.5, 0.6) is 0 Å². The summed E-state index contributed by atoms with van der Waals surface area (Å²) >= 11 is 0. The second-order valence-corrected chi connectivity index (χ2v) is 9.55. The smallest absolute Gasteiger partial charge is 0.322 e. The van der Waals surface area contributed by atoms with Crippen LogP contribution in [0.3, 0.4) is 0 Å². The van der Waals surface area contributed by atoms with Gasteiger partial charge in [-0.1, -0.05) is 54.1 Å². The van der Waals surface area contributed by atoms with E-state index in [0.29, 0.717) is 11.3 Å². The van der Waals surface area contributed by atoms with E-state index in [0.717, 1.165) is 16.7 Å². The van der Waals surface area contributed by atoms with Gasteiger partial charge in [-0.05, 0) is 56.2 Å². The highest BCUT2D eigenvalue weighted by Gasteiger charge is 2.26. The van der Waals surface area contributed by atoms with Gasteiger partial charge in [0.25, 0.3) is 5.91 Å². The number of nitrogens with one attached hydrogen (secondary N) is 2. The predicted octanol–water partition coefficient (Wildman–Crippen LogP) is 3.81. The quantitative estimate of drug-likeness (QED) is 0.492. The van der Waals surface area contributed by atoms with Gasteiger partial charge in [-0.2, -0.15) is 4.72 Å². The molecule has 0 radical (unpaired) electrons. The third-order valence-corrected chi connectivity index (χ3v) is 6.23. The van der Waals surface area contributed by atoms with E-state index in [2.05, 4.69) is 10.0 Å². The second-order valence-electron chi connectivity index (χ2n) is 7.78. The molecule has 0 unspecified atom stereocenters. The summed E-state index contributed by atoms with van der Waals surface area (Å²) in [4.78, 5) is 25.5. The zero-order valence-corrected chi connectivity index (χ0v) is 19.5. The van der Waals surface area contributed by atoms with Crippen LogP contribution in [0, 0.1) is 20.8 Å². The van der Waals surface area contributed by atoms with Crippen molar-refractivity contribution in [3.05, 3.63) is 95.1 Å². The van der Waals surface area contributed by atoms with Crippen LogP contribution < -0.4 is 10.0 Å². The molecule has 3 aromatic rings. The number of ether oxygens (including phenoxy) is 1. The van der Waals surface area contributed by atoms with Crippen molar-refractivity contribution in [2.45, 2.75) is 31.8 Å². The molecule has 1 amide bonds. The maximum Gasteiger partial charge on any atom is 0.322 e. The van der Waals surface area contributed by atoms with E-state index in [4.69, 9.17) is 4.74 Å². The van der Waals surface area contributed by atoms with Gasteiger partial charge in [0, 0.05) is 11.3 Å². The zero-order chi connectivity index (χ0) is 24.0. The van der Waals surface area contributed by atoms with Crippen molar-refractivity contribution < 1.29 is 22.7 Å². The predicted molar refractivity (Wildman–Crippen MR) is 126 cm³/mol. The summed E-state index contributed by atoms with van der Waals surface area (Å²) in [5.74, 6) is -1.42. The molecule has 0 saturated heterocycles. The minimum absolute atomic E-state index is 0.0352. The van der Waals surface area contributed by atoms with Crippen molar-refractivity contribution in [1.82, 2.24) is 4.72 Å². The largest absolute Gasteiger partial charge is 0.446 e. The van der Waals surface area contributed by atoms with Gasteiger partial charge in [0.05, 0.1) is 4.90 Å². The van der Waals surface area contributed by atoms with Crippen LogP contribution >= 0.6 is 0 Å². The Labute approximate surface area is 193 Å². The fourth-order valence-corrected chi connectivity index (χ4v) is 4.25. The van der Waals surface area contributed by atoms with E-state index in [1.54, 1.807) is 42.5 Å². The number of sulfonamides is 1. The maximum absolute atomic E-state index is 13.0. The lowest BCUT2D eigenvalue weighted by Crippen LogP contribution is -2.33. The van der Waals surface area contributed by atoms with Gasteiger partial charge in [-0.3, -0.25) is 9.59 Å². The number of carbonyl (C=O) groups is 2. The summed E-state index contributed by atoms with van der Waals surface area (Å²) in [6.45, 7) is 5.06. The third kappa shape index (κ3) is 6.74. The Morgan fingerprint density at radius 1 is 0.848 bits per heavy atom. The van der Waals surface area contributed by atoms with Crippen molar-refractivity contribution in [1.29, 1.82) is 0 Å². The van der Waals surface area contributed by atoms with Gasteiger partial charge in [0.15, 0.2) is 0 Å². The molecule has 2 N–H and O–H groups in total. The molecule has 8 heteroatoms. The van der Waals surface area contributed by atoms with Crippen LogP contribution in [0.25, 0.3) is 0 Å². The van der Waals surface area contributed by atoms with Gasteiger partial charge in [0.2, 0.25) is 16.1 Å². The first-order chi connectivity index (χ1) is 15.6. The number of hydrogen-bond acceptors (Lipinski definition) is 5. The van der Waals surface area contributed by atoms with Crippen LogP contribution in [0.15, 0.2) is 77.7 Å². The molecule has 0 bridgehead atoms. The highest BCUT2D eigenvalue weighted by atomic mass is 32.2. The minimum atomic E-state index is -3.90. The Bertz CT molecular complexity index is 1220. The molecule has 3 rings (SSSR count). The maximum atomic E-state index is 13.0. The Kier molecular flexibility index (Phi) is 7.63. The molecule has 0 saturated carbocycles. The molecular formula is C25H26N2O5S. The first kappa shape index (κ1) is 24.2. The van der Waals surface area contributed by atoms with Gasteiger partial charge in [-0.25, -0.2) is 8.42 Å². The molecule has 3 aromatic carbocycles. The van der Waals surface area contributed by atoms with Crippen molar-refractivity contribution in [3.63, 3.8) is 0 Å². The number of rotatable bonds is 8. The molecule has 0 heterocycles. The summed E-state index contributed by atoms with van der Waals surface area (Å²) in [7, 11) is -3.90. The monoisotopic (exact) mass is 466 g/mol. The Morgan fingerprint density at radius 2 is 1.45 bits per heavy atom. The van der Waals surface area contributed by atoms with E-state index in [1.165, 1.54) is 12.1 Å². The van der Waals surface area contributed by atoms with Gasteiger partial charge < -0.3 is 10.1 Å². The fourth-order valence-electron chi connectivity index (χ4n) is 3.28. The van der Waals surface area contributed by atoms with Gasteiger partial charge in [-0.15, -0.1) is 0 Å². The molecule has 33 heavy (non-hydrogen) atoms. The van der Waals surface area contributed by atoms with Crippen LogP contribution in [-0.2, 0) is 24.3 Å². The standard InChI is InChI=1S/C25H26N2O5S/c1-17-9-11-22(12-10-17)33(30,31)26-16-23(28)32-24(20-7-5-4-6-8-20)25(29)27-21-14-18(2)13-19(3)15-21/h4-15,24,26H,16H2,1-3H3,(H,27,29)/t24-/m1/s1. The van der Waals surface area contributed by atoms with Crippen molar-refractivity contribution >= 4 is 27.6 Å². The summed E-state index contributed by atoms with van der Waals surface area (Å²) in [5, 5.41) is 2.78. The number of carbonyl (C=O) groups excluding carboxylic acids is 2. The average molecular weight is 467 g/mol. The Hall–Kier alpha value is -3.49. The number of anilines is 1.